The molecule has 2 aromatic rings. The fraction of sp³-hybridized carbons (Fsp3) is 0.250. The predicted molar refractivity (Wildman–Crippen MR) is 100 cm³/mol. The molecule has 0 aromatic heterocycles. The summed E-state index contributed by atoms with van der Waals surface area (Å²) in [5.74, 6) is -2.73. The van der Waals surface area contributed by atoms with Crippen molar-refractivity contribution in [3.05, 3.63) is 71.3 Å². The zero-order chi connectivity index (χ0) is 21.2. The Morgan fingerprint density at radius 3 is 2.52 bits per heavy atom. The highest BCUT2D eigenvalue weighted by Crippen LogP contribution is 2.27. The highest BCUT2D eigenvalue weighted by Gasteiger charge is 2.49. The maximum absolute atomic E-state index is 13.8. The lowest BCUT2D eigenvalue weighted by molar-refractivity contribution is -0.138. The third-order valence-corrected chi connectivity index (χ3v) is 4.78. The summed E-state index contributed by atoms with van der Waals surface area (Å²) in [4.78, 5) is 37.2. The number of benzene rings is 2. The summed E-state index contributed by atoms with van der Waals surface area (Å²) in [5, 5.41) is 5.97. The lowest BCUT2D eigenvalue weighted by Crippen LogP contribution is -2.50. The van der Waals surface area contributed by atoms with Gasteiger partial charge >= 0.3 is 6.03 Å². The zero-order valence-electron chi connectivity index (χ0n) is 15.8. The number of imide groups is 1. The van der Waals surface area contributed by atoms with Crippen LogP contribution in [0, 0.1) is 11.6 Å². The highest BCUT2D eigenvalue weighted by molar-refractivity contribution is 6.08. The van der Waals surface area contributed by atoms with Crippen molar-refractivity contribution in [2.75, 3.05) is 6.54 Å². The molecule has 1 saturated heterocycles. The Labute approximate surface area is 166 Å². The maximum atomic E-state index is 13.8. The van der Waals surface area contributed by atoms with Gasteiger partial charge in [-0.25, -0.2) is 13.6 Å². The Morgan fingerprint density at radius 1 is 1.17 bits per heavy atom. The van der Waals surface area contributed by atoms with Crippen LogP contribution in [0.3, 0.4) is 0 Å². The number of carbonyl (C=O) groups excluding carboxylic acids is 3. The quantitative estimate of drug-likeness (QED) is 0.646. The van der Waals surface area contributed by atoms with Crippen molar-refractivity contribution >= 4 is 17.8 Å². The minimum absolute atomic E-state index is 0.186. The molecule has 0 aliphatic carbocycles. The Hall–Kier alpha value is -3.33. The number of urea groups is 1. The second-order valence-corrected chi connectivity index (χ2v) is 6.87. The van der Waals surface area contributed by atoms with E-state index in [1.807, 2.05) is 0 Å². The number of hydrazine groups is 1. The molecular formula is C20H20F2N4O3. The van der Waals surface area contributed by atoms with Crippen molar-refractivity contribution in [3.63, 3.8) is 0 Å². The summed E-state index contributed by atoms with van der Waals surface area (Å²) < 4.78 is 26.8. The molecule has 0 bridgehead atoms. The first-order chi connectivity index (χ1) is 13.7. The maximum Gasteiger partial charge on any atom is 0.344 e. The van der Waals surface area contributed by atoms with Crippen LogP contribution in [0.1, 0.15) is 31.0 Å². The number of hydrogen-bond donors (Lipinski definition) is 3. The van der Waals surface area contributed by atoms with Crippen molar-refractivity contribution < 1.29 is 23.2 Å². The van der Waals surface area contributed by atoms with Crippen molar-refractivity contribution in [3.8, 4) is 0 Å². The van der Waals surface area contributed by atoms with E-state index in [-0.39, 0.29) is 12.1 Å². The van der Waals surface area contributed by atoms with E-state index >= 15 is 0 Å². The van der Waals surface area contributed by atoms with Gasteiger partial charge in [-0.2, -0.15) is 5.01 Å². The molecule has 152 valence electrons. The second kappa shape index (κ2) is 7.96. The van der Waals surface area contributed by atoms with Gasteiger partial charge in [-0.3, -0.25) is 15.0 Å². The first-order valence-corrected chi connectivity index (χ1v) is 8.92. The van der Waals surface area contributed by atoms with Gasteiger partial charge in [0.1, 0.15) is 17.2 Å². The Morgan fingerprint density at radius 2 is 1.86 bits per heavy atom. The van der Waals surface area contributed by atoms with Crippen LogP contribution in [0.25, 0.3) is 0 Å². The second-order valence-electron chi connectivity index (χ2n) is 6.87. The number of amides is 4. The van der Waals surface area contributed by atoms with Gasteiger partial charge in [0.05, 0.1) is 6.54 Å². The molecular weight excluding hydrogens is 382 g/mol. The summed E-state index contributed by atoms with van der Waals surface area (Å²) in [7, 11) is 0. The van der Waals surface area contributed by atoms with Gasteiger partial charge in [-0.05, 0) is 25.5 Å². The van der Waals surface area contributed by atoms with Crippen molar-refractivity contribution in [2.45, 2.75) is 25.4 Å². The first kappa shape index (κ1) is 20.4. The highest BCUT2D eigenvalue weighted by atomic mass is 19.1. The minimum Gasteiger partial charge on any atom is -0.318 e. The average molecular weight is 402 g/mol. The van der Waals surface area contributed by atoms with Gasteiger partial charge in [0, 0.05) is 17.7 Å². The summed E-state index contributed by atoms with van der Waals surface area (Å²) in [6.45, 7) is 2.85. The normalized spacial score (nSPS) is 19.8. The fourth-order valence-corrected chi connectivity index (χ4v) is 3.08. The van der Waals surface area contributed by atoms with Crippen LogP contribution in [-0.4, -0.2) is 29.4 Å². The molecule has 0 saturated carbocycles. The van der Waals surface area contributed by atoms with Gasteiger partial charge in [-0.1, -0.05) is 36.4 Å². The molecule has 4 amide bonds. The van der Waals surface area contributed by atoms with E-state index in [0.717, 1.165) is 12.1 Å². The molecule has 7 nitrogen and oxygen atoms in total. The van der Waals surface area contributed by atoms with Crippen molar-refractivity contribution in [2.24, 2.45) is 0 Å². The number of halogens is 2. The smallest absolute Gasteiger partial charge is 0.318 e. The Kier molecular flexibility index (Phi) is 5.60. The average Bonchev–Trinajstić information content (AvgIpc) is 2.91. The monoisotopic (exact) mass is 402 g/mol. The van der Waals surface area contributed by atoms with E-state index in [2.05, 4.69) is 16.1 Å². The van der Waals surface area contributed by atoms with Crippen LogP contribution in [-0.2, 0) is 15.1 Å². The molecule has 1 aliphatic heterocycles. The zero-order valence-corrected chi connectivity index (χ0v) is 15.8. The molecule has 0 spiro atoms. The first-order valence-electron chi connectivity index (χ1n) is 8.92. The van der Waals surface area contributed by atoms with Gasteiger partial charge in [0.2, 0.25) is 0 Å². The largest absolute Gasteiger partial charge is 0.344 e. The standard InChI is InChI=1S/C20H20F2N4O3/c1-12(15-9-8-14(21)10-16(15)22)23-11-17(27)25-26-18(28)20(2,24-19(26)29)13-6-4-3-5-7-13/h3-10,12,23H,11H2,1-2H3,(H,24,29)(H,25,27)/t12-,20+/m0/s1. The van der Waals surface area contributed by atoms with Crippen LogP contribution in [0.2, 0.25) is 0 Å². The molecule has 2 atom stereocenters. The van der Waals surface area contributed by atoms with E-state index < -0.39 is 41.1 Å². The van der Waals surface area contributed by atoms with Crippen molar-refractivity contribution in [1.82, 2.24) is 21.1 Å². The summed E-state index contributed by atoms with van der Waals surface area (Å²) in [6.07, 6.45) is 0. The van der Waals surface area contributed by atoms with Crippen LogP contribution in [0.4, 0.5) is 13.6 Å². The van der Waals surface area contributed by atoms with E-state index in [0.29, 0.717) is 10.6 Å². The lowest BCUT2D eigenvalue weighted by Gasteiger charge is -2.22. The van der Waals surface area contributed by atoms with E-state index in [1.54, 1.807) is 44.2 Å². The SMILES string of the molecule is C[C@H](NCC(=O)NN1C(=O)N[C@](C)(c2ccccc2)C1=O)c1ccc(F)cc1F. The molecule has 3 rings (SSSR count). The molecule has 1 heterocycles. The Bertz CT molecular complexity index is 954. The predicted octanol–water partition coefficient (Wildman–Crippen LogP) is 2.11. The molecule has 9 heteroatoms. The molecule has 29 heavy (non-hydrogen) atoms. The Balaban J connectivity index is 1.62. The summed E-state index contributed by atoms with van der Waals surface area (Å²) in [5.41, 5.74) is 1.71. The van der Waals surface area contributed by atoms with Gasteiger partial charge in [-0.15, -0.1) is 0 Å². The summed E-state index contributed by atoms with van der Waals surface area (Å²) in [6, 6.07) is 10.5. The number of hydrogen-bond acceptors (Lipinski definition) is 4. The number of nitrogens with zero attached hydrogens (tertiary/aromatic N) is 1. The third-order valence-electron chi connectivity index (χ3n) is 4.78. The fourth-order valence-electron chi connectivity index (χ4n) is 3.08. The minimum atomic E-state index is -1.30. The molecule has 2 aromatic carbocycles. The molecule has 0 unspecified atom stereocenters. The number of nitrogens with one attached hydrogen (secondary N) is 3. The van der Waals surface area contributed by atoms with Gasteiger partial charge < -0.3 is 10.6 Å². The topological polar surface area (TPSA) is 90.5 Å². The van der Waals surface area contributed by atoms with E-state index in [1.165, 1.54) is 6.07 Å². The molecule has 3 N–H and O–H groups in total. The van der Waals surface area contributed by atoms with E-state index in [9.17, 15) is 23.2 Å². The molecule has 0 radical (unpaired) electrons. The van der Waals surface area contributed by atoms with Gasteiger partial charge in [0.25, 0.3) is 11.8 Å². The summed E-state index contributed by atoms with van der Waals surface area (Å²) >= 11 is 0. The van der Waals surface area contributed by atoms with Crippen LogP contribution >= 0.6 is 0 Å². The molecule has 1 aliphatic rings. The van der Waals surface area contributed by atoms with Crippen molar-refractivity contribution in [1.29, 1.82) is 0 Å². The molecule has 1 fully saturated rings. The lowest BCUT2D eigenvalue weighted by atomic mass is 9.92. The van der Waals surface area contributed by atoms with Gasteiger partial charge in [0.15, 0.2) is 0 Å². The number of rotatable bonds is 6. The van der Waals surface area contributed by atoms with Crippen LogP contribution in [0.15, 0.2) is 48.5 Å². The van der Waals surface area contributed by atoms with E-state index in [4.69, 9.17) is 0 Å². The van der Waals surface area contributed by atoms with Crippen LogP contribution in [0.5, 0.6) is 0 Å². The van der Waals surface area contributed by atoms with Crippen LogP contribution < -0.4 is 16.1 Å². The third kappa shape index (κ3) is 4.09. The number of carbonyl (C=O) groups is 3.